The quantitative estimate of drug-likeness (QED) is 0.603. The highest BCUT2D eigenvalue weighted by Gasteiger charge is 2.28. The number of carbonyl (C=O) groups excluding carboxylic acids is 1. The number of nitrogens with zero attached hydrogens (tertiary/aromatic N) is 1. The van der Waals surface area contributed by atoms with Crippen molar-refractivity contribution in [3.63, 3.8) is 0 Å². The van der Waals surface area contributed by atoms with E-state index in [1.807, 2.05) is 12.3 Å². The fourth-order valence-electron chi connectivity index (χ4n) is 3.57. The third-order valence-electron chi connectivity index (χ3n) is 5.16. The molecule has 1 unspecified atom stereocenters. The van der Waals surface area contributed by atoms with E-state index in [-0.39, 0.29) is 12.5 Å². The summed E-state index contributed by atoms with van der Waals surface area (Å²) in [5.74, 6) is 0.852. The molecule has 2 aliphatic heterocycles. The number of aliphatic hydroxyl groups is 1. The van der Waals surface area contributed by atoms with Crippen molar-refractivity contribution >= 4 is 16.7 Å². The molecule has 0 bridgehead atoms. The zero-order valence-corrected chi connectivity index (χ0v) is 16.5. The van der Waals surface area contributed by atoms with Crippen LogP contribution in [0.2, 0.25) is 0 Å². The van der Waals surface area contributed by atoms with Gasteiger partial charge in [0.05, 0.1) is 30.1 Å². The second kappa shape index (κ2) is 7.72. The van der Waals surface area contributed by atoms with Crippen molar-refractivity contribution in [2.45, 2.75) is 26.0 Å². The highest BCUT2D eigenvalue weighted by molar-refractivity contribution is 5.91. The smallest absolute Gasteiger partial charge is 0.231 e. The Balaban J connectivity index is 0.000000322. The monoisotopic (exact) mass is 411 g/mol. The fourth-order valence-corrected chi connectivity index (χ4v) is 3.57. The number of carboxylic acid groups (broad SMARTS) is 1. The van der Waals surface area contributed by atoms with Crippen molar-refractivity contribution < 1.29 is 38.9 Å². The summed E-state index contributed by atoms with van der Waals surface area (Å²) >= 11 is 0. The van der Waals surface area contributed by atoms with Gasteiger partial charge in [0.2, 0.25) is 12.5 Å². The number of benzene rings is 2. The van der Waals surface area contributed by atoms with Crippen LogP contribution in [0.3, 0.4) is 0 Å². The van der Waals surface area contributed by atoms with E-state index in [0.717, 1.165) is 53.4 Å². The molecule has 3 aromatic rings. The van der Waals surface area contributed by atoms with E-state index in [1.54, 1.807) is 13.2 Å². The van der Waals surface area contributed by atoms with Crippen LogP contribution in [0, 0.1) is 0 Å². The number of pyridine rings is 1. The van der Waals surface area contributed by atoms with E-state index in [1.165, 1.54) is 5.56 Å². The molecule has 8 nitrogen and oxygen atoms in total. The zero-order chi connectivity index (χ0) is 21.4. The molecule has 3 heterocycles. The van der Waals surface area contributed by atoms with Crippen LogP contribution in [-0.4, -0.2) is 36.2 Å². The van der Waals surface area contributed by atoms with Crippen LogP contribution in [0.15, 0.2) is 36.5 Å². The van der Waals surface area contributed by atoms with Gasteiger partial charge in [0, 0.05) is 12.5 Å². The molecule has 30 heavy (non-hydrogen) atoms. The van der Waals surface area contributed by atoms with Gasteiger partial charge in [-0.05, 0) is 42.1 Å². The predicted molar refractivity (Wildman–Crippen MR) is 104 cm³/mol. The number of fused-ring (bicyclic) bond motifs is 5. The van der Waals surface area contributed by atoms with Crippen LogP contribution >= 0.6 is 0 Å². The maximum Gasteiger partial charge on any atom is 0.231 e. The Labute approximate surface area is 172 Å². The number of aromatic nitrogens is 1. The molecule has 0 saturated carbocycles. The first-order valence-electron chi connectivity index (χ1n) is 9.44. The highest BCUT2D eigenvalue weighted by Crippen LogP contribution is 2.41. The molecule has 1 atom stereocenters. The maximum atomic E-state index is 10.4. The van der Waals surface area contributed by atoms with E-state index >= 15 is 0 Å². The van der Waals surface area contributed by atoms with Gasteiger partial charge in [-0.3, -0.25) is 0 Å². The zero-order valence-electron chi connectivity index (χ0n) is 16.5. The van der Waals surface area contributed by atoms with Crippen LogP contribution < -0.4 is 23.9 Å². The van der Waals surface area contributed by atoms with Gasteiger partial charge >= 0.3 is 0 Å². The van der Waals surface area contributed by atoms with E-state index in [2.05, 4.69) is 22.8 Å². The van der Waals surface area contributed by atoms with Gasteiger partial charge < -0.3 is 34.3 Å². The second-order valence-electron chi connectivity index (χ2n) is 7.08. The Hall–Kier alpha value is -3.52. The number of carboxylic acids is 1. The summed E-state index contributed by atoms with van der Waals surface area (Å²) in [7, 11) is 1.56. The molecule has 0 radical (unpaired) electrons. The van der Waals surface area contributed by atoms with Gasteiger partial charge in [0.1, 0.15) is 0 Å². The Bertz CT molecular complexity index is 1140. The Morgan fingerprint density at radius 1 is 1.23 bits per heavy atom. The van der Waals surface area contributed by atoms with E-state index < -0.39 is 12.1 Å². The number of aliphatic carboxylic acids is 1. The first-order valence-corrected chi connectivity index (χ1v) is 9.44. The first-order chi connectivity index (χ1) is 14.4. The molecule has 2 N–H and O–H groups in total. The lowest BCUT2D eigenvalue weighted by atomic mass is 9.95. The SMILES string of the molecule is CC(O)C(=O)[O-].COc1ccc2cc3[n+](cc2c1O)CCc1cc2c(cc1-3)OCO2. The normalized spacial score (nSPS) is 14.2. The minimum Gasteiger partial charge on any atom is -0.547 e. The molecule has 156 valence electrons. The molecule has 2 aliphatic rings. The largest absolute Gasteiger partial charge is 0.547 e. The Morgan fingerprint density at radius 2 is 1.93 bits per heavy atom. The number of hydrogen-bond acceptors (Lipinski definition) is 7. The summed E-state index contributed by atoms with van der Waals surface area (Å²) in [5.41, 5.74) is 3.53. The van der Waals surface area contributed by atoms with Crippen molar-refractivity contribution in [3.05, 3.63) is 42.1 Å². The number of ether oxygens (including phenoxy) is 3. The van der Waals surface area contributed by atoms with Crippen molar-refractivity contribution in [1.29, 1.82) is 0 Å². The molecule has 1 aromatic heterocycles. The summed E-state index contributed by atoms with van der Waals surface area (Å²) in [5, 5.41) is 29.5. The van der Waals surface area contributed by atoms with Gasteiger partial charge in [-0.25, -0.2) is 0 Å². The number of carbonyl (C=O) groups is 1. The molecular formula is C22H21NO7. The fraction of sp³-hybridized carbons (Fsp3) is 0.273. The van der Waals surface area contributed by atoms with Crippen molar-refractivity contribution in [2.24, 2.45) is 0 Å². The third-order valence-corrected chi connectivity index (χ3v) is 5.16. The second-order valence-corrected chi connectivity index (χ2v) is 7.08. The molecule has 0 spiro atoms. The van der Waals surface area contributed by atoms with Crippen LogP contribution in [0.1, 0.15) is 12.5 Å². The number of phenolic OH excluding ortho intramolecular Hbond substituents is 1. The molecule has 0 aliphatic carbocycles. The maximum absolute atomic E-state index is 10.4. The minimum atomic E-state index is -1.44. The van der Waals surface area contributed by atoms with Gasteiger partial charge in [0.25, 0.3) is 0 Å². The lowest BCUT2D eigenvalue weighted by molar-refractivity contribution is -0.686. The molecule has 0 amide bonds. The van der Waals surface area contributed by atoms with Crippen LogP contribution in [0.5, 0.6) is 23.0 Å². The van der Waals surface area contributed by atoms with Gasteiger partial charge in [-0.1, -0.05) is 0 Å². The minimum absolute atomic E-state index is 0.182. The molecular weight excluding hydrogens is 390 g/mol. The molecule has 0 saturated heterocycles. The molecule has 0 fully saturated rings. The van der Waals surface area contributed by atoms with Gasteiger partial charge in [0.15, 0.2) is 35.7 Å². The van der Waals surface area contributed by atoms with Crippen LogP contribution in [0.4, 0.5) is 0 Å². The van der Waals surface area contributed by atoms with Crippen molar-refractivity contribution in [2.75, 3.05) is 13.9 Å². The predicted octanol–water partition coefficient (Wildman–Crippen LogP) is 0.910. The standard InChI is InChI=1S/C19H15NO4.C3H6O3/c1-22-16-3-2-11-6-15-13-8-18-17(23-10-24-18)7-12(13)4-5-20(15)9-14(11)19(16)21;1-2(4)3(5)6/h2-3,6-9H,4-5,10H2,1H3;2,4H,1H3,(H,5,6). The average molecular weight is 411 g/mol. The summed E-state index contributed by atoms with van der Waals surface area (Å²) in [4.78, 5) is 9.34. The Morgan fingerprint density at radius 3 is 2.60 bits per heavy atom. The van der Waals surface area contributed by atoms with E-state index in [4.69, 9.17) is 19.3 Å². The number of aryl methyl sites for hydroxylation is 2. The Kier molecular flexibility index (Phi) is 5.09. The molecule has 8 heteroatoms. The number of methoxy groups -OCH3 is 1. The number of aliphatic hydroxyl groups excluding tert-OH is 1. The summed E-state index contributed by atoms with van der Waals surface area (Å²) in [6.45, 7) is 2.27. The van der Waals surface area contributed by atoms with E-state index in [0.29, 0.717) is 5.75 Å². The molecule has 5 rings (SSSR count). The van der Waals surface area contributed by atoms with Crippen molar-refractivity contribution in [1.82, 2.24) is 0 Å². The third kappa shape index (κ3) is 3.46. The van der Waals surface area contributed by atoms with Crippen LogP contribution in [0.25, 0.3) is 22.0 Å². The summed E-state index contributed by atoms with van der Waals surface area (Å²) in [6, 6.07) is 10.00. The lowest BCUT2D eigenvalue weighted by Crippen LogP contribution is -2.39. The first kappa shape index (κ1) is 19.8. The van der Waals surface area contributed by atoms with Gasteiger partial charge in [-0.15, -0.1) is 0 Å². The number of hydrogen-bond donors (Lipinski definition) is 2. The average Bonchev–Trinajstić information content (AvgIpc) is 3.19. The van der Waals surface area contributed by atoms with Crippen molar-refractivity contribution in [3.8, 4) is 34.3 Å². The summed E-state index contributed by atoms with van der Waals surface area (Å²) < 4.78 is 18.4. The molecule has 2 aromatic carbocycles. The van der Waals surface area contributed by atoms with Crippen LogP contribution in [-0.2, 0) is 17.8 Å². The van der Waals surface area contributed by atoms with Gasteiger partial charge in [-0.2, -0.15) is 4.57 Å². The topological polar surface area (TPSA) is 112 Å². The number of phenols is 1. The number of aromatic hydroxyl groups is 1. The van der Waals surface area contributed by atoms with E-state index in [9.17, 15) is 15.0 Å². The lowest BCUT2D eigenvalue weighted by Gasteiger charge is -2.16. The summed E-state index contributed by atoms with van der Waals surface area (Å²) in [6.07, 6.45) is 1.57. The highest BCUT2D eigenvalue weighted by atomic mass is 16.7. The number of rotatable bonds is 2.